The number of aromatic nitrogens is 7. The summed E-state index contributed by atoms with van der Waals surface area (Å²) >= 11 is 0. The zero-order valence-electron chi connectivity index (χ0n) is 45.7. The number of para-hydroxylation sites is 6. The molecule has 12 aromatic carbocycles. The molecule has 7 nitrogen and oxygen atoms in total. The summed E-state index contributed by atoms with van der Waals surface area (Å²) in [5, 5.41) is 11.7. The first-order valence-corrected chi connectivity index (χ1v) is 28.7. The van der Waals surface area contributed by atoms with Crippen molar-refractivity contribution >= 4 is 109 Å². The monoisotopic (exact) mass is 1070 g/mol. The number of benzene rings is 12. The lowest BCUT2D eigenvalue weighted by molar-refractivity contribution is 0.900. The SMILES string of the molecule is Cc1c(-n2c3ccccc3c3ccccc32)nc(-n2c3ccccc3c3ccccc32)nc1-n1c2ccc(-n3c4ccccc4c4ccc(-c5ccccc5)cc43)cc2c2cc(-n3c4ccccc4c4ccc(-c5ccccc5)cc43)ccc21. The van der Waals surface area contributed by atoms with Crippen molar-refractivity contribution in [2.45, 2.75) is 6.92 Å². The fourth-order valence-electron chi connectivity index (χ4n) is 13.9. The van der Waals surface area contributed by atoms with Crippen LogP contribution in [0.3, 0.4) is 0 Å². The molecule has 0 atom stereocenters. The van der Waals surface area contributed by atoms with E-state index in [4.69, 9.17) is 9.97 Å². The summed E-state index contributed by atoms with van der Waals surface area (Å²) in [6.07, 6.45) is 0. The van der Waals surface area contributed by atoms with Gasteiger partial charge in [0.15, 0.2) is 0 Å². The van der Waals surface area contributed by atoms with Crippen molar-refractivity contribution in [2.24, 2.45) is 0 Å². The molecular weight excluding hydrogens is 1020 g/mol. The summed E-state index contributed by atoms with van der Waals surface area (Å²) in [5.41, 5.74) is 18.7. The van der Waals surface area contributed by atoms with E-state index in [9.17, 15) is 0 Å². The van der Waals surface area contributed by atoms with Crippen LogP contribution >= 0.6 is 0 Å². The molecule has 0 aliphatic carbocycles. The molecule has 0 aliphatic rings. The molecule has 0 unspecified atom stereocenters. The predicted molar refractivity (Wildman–Crippen MR) is 349 cm³/mol. The Balaban J connectivity index is 0.963. The Morgan fingerprint density at radius 2 is 0.512 bits per heavy atom. The minimum absolute atomic E-state index is 0.590. The van der Waals surface area contributed by atoms with Crippen LogP contribution in [0.4, 0.5) is 0 Å². The van der Waals surface area contributed by atoms with E-state index in [1.165, 1.54) is 54.6 Å². The van der Waals surface area contributed by atoms with Gasteiger partial charge in [-0.15, -0.1) is 0 Å². The molecule has 0 aliphatic heterocycles. The first-order chi connectivity index (χ1) is 41.6. The fraction of sp³-hybridized carbons (Fsp3) is 0.0130. The third kappa shape index (κ3) is 6.69. The van der Waals surface area contributed by atoms with Gasteiger partial charge in [-0.05, 0) is 114 Å². The Hall–Kier alpha value is -11.3. The molecule has 7 heteroatoms. The van der Waals surface area contributed by atoms with Gasteiger partial charge in [0.2, 0.25) is 5.95 Å². The Kier molecular flexibility index (Phi) is 9.88. The van der Waals surface area contributed by atoms with Gasteiger partial charge in [-0.2, -0.15) is 9.97 Å². The molecule has 0 saturated heterocycles. The van der Waals surface area contributed by atoms with Crippen molar-refractivity contribution < 1.29 is 0 Å². The number of rotatable bonds is 7. The molecule has 0 amide bonds. The highest BCUT2D eigenvalue weighted by atomic mass is 15.2. The van der Waals surface area contributed by atoms with E-state index in [1.54, 1.807) is 0 Å². The van der Waals surface area contributed by atoms with Gasteiger partial charge in [-0.3, -0.25) is 13.7 Å². The van der Waals surface area contributed by atoms with Gasteiger partial charge in [-0.1, -0.05) is 194 Å². The molecule has 18 rings (SSSR count). The van der Waals surface area contributed by atoms with Crippen molar-refractivity contribution in [1.82, 2.24) is 32.8 Å². The van der Waals surface area contributed by atoms with Crippen molar-refractivity contribution in [2.75, 3.05) is 0 Å². The molecule has 84 heavy (non-hydrogen) atoms. The molecule has 0 fully saturated rings. The summed E-state index contributed by atoms with van der Waals surface area (Å²) in [4.78, 5) is 11.6. The van der Waals surface area contributed by atoms with Crippen LogP contribution in [-0.4, -0.2) is 32.8 Å². The fourth-order valence-corrected chi connectivity index (χ4v) is 13.9. The van der Waals surface area contributed by atoms with E-state index in [2.05, 4.69) is 309 Å². The number of hydrogen-bond donors (Lipinski definition) is 0. The third-order valence-electron chi connectivity index (χ3n) is 17.7. The van der Waals surface area contributed by atoms with Crippen molar-refractivity contribution in [1.29, 1.82) is 0 Å². The molecule has 0 N–H and O–H groups in total. The van der Waals surface area contributed by atoms with Gasteiger partial charge in [0.05, 0.1) is 55.2 Å². The largest absolute Gasteiger partial charge is 0.309 e. The van der Waals surface area contributed by atoms with Gasteiger partial charge >= 0.3 is 0 Å². The second kappa shape index (κ2) is 17.9. The van der Waals surface area contributed by atoms with E-state index >= 15 is 0 Å². The normalized spacial score (nSPS) is 12.1. The van der Waals surface area contributed by atoms with E-state index in [1.807, 2.05) is 0 Å². The maximum absolute atomic E-state index is 5.86. The van der Waals surface area contributed by atoms with Gasteiger partial charge < -0.3 is 9.13 Å². The molecular formula is C77H49N7. The van der Waals surface area contributed by atoms with E-state index in [0.29, 0.717) is 5.95 Å². The Morgan fingerprint density at radius 1 is 0.214 bits per heavy atom. The molecule has 0 saturated carbocycles. The van der Waals surface area contributed by atoms with Crippen molar-refractivity contribution in [3.8, 4) is 51.2 Å². The molecule has 6 heterocycles. The summed E-state index contributed by atoms with van der Waals surface area (Å²) in [5.74, 6) is 2.21. The lowest BCUT2D eigenvalue weighted by atomic mass is 10.0. The Bertz CT molecular complexity index is 5430. The highest BCUT2D eigenvalue weighted by molar-refractivity contribution is 6.16. The van der Waals surface area contributed by atoms with E-state index in [0.717, 1.165) is 105 Å². The second-order valence-electron chi connectivity index (χ2n) is 22.2. The van der Waals surface area contributed by atoms with Crippen LogP contribution in [0.15, 0.2) is 279 Å². The number of hydrogen-bond acceptors (Lipinski definition) is 2. The Morgan fingerprint density at radius 3 is 0.881 bits per heavy atom. The van der Waals surface area contributed by atoms with Crippen LogP contribution in [0.25, 0.3) is 160 Å². The predicted octanol–water partition coefficient (Wildman–Crippen LogP) is 19.6. The van der Waals surface area contributed by atoms with Crippen molar-refractivity contribution in [3.63, 3.8) is 0 Å². The van der Waals surface area contributed by atoms with E-state index in [-0.39, 0.29) is 0 Å². The quantitative estimate of drug-likeness (QED) is 0.160. The Labute approximate surface area is 482 Å². The molecule has 392 valence electrons. The molecule has 0 radical (unpaired) electrons. The smallest absolute Gasteiger partial charge is 0.238 e. The summed E-state index contributed by atoms with van der Waals surface area (Å²) in [6, 6.07) is 102. The highest BCUT2D eigenvalue weighted by Gasteiger charge is 2.26. The second-order valence-corrected chi connectivity index (χ2v) is 22.2. The average molecular weight is 1070 g/mol. The van der Waals surface area contributed by atoms with Gasteiger partial charge in [0.25, 0.3) is 0 Å². The third-order valence-corrected chi connectivity index (χ3v) is 17.7. The molecule has 18 aromatic rings. The molecule has 0 spiro atoms. The van der Waals surface area contributed by atoms with Crippen LogP contribution in [0.1, 0.15) is 5.56 Å². The van der Waals surface area contributed by atoms with E-state index < -0.39 is 0 Å². The van der Waals surface area contributed by atoms with Crippen LogP contribution in [-0.2, 0) is 0 Å². The summed E-state index contributed by atoms with van der Waals surface area (Å²) in [6.45, 7) is 2.20. The van der Waals surface area contributed by atoms with Gasteiger partial charge in [-0.25, -0.2) is 0 Å². The summed E-state index contributed by atoms with van der Waals surface area (Å²) < 4.78 is 11.9. The van der Waals surface area contributed by atoms with Crippen LogP contribution in [0.2, 0.25) is 0 Å². The first kappa shape index (κ1) is 46.5. The minimum atomic E-state index is 0.590. The van der Waals surface area contributed by atoms with Crippen LogP contribution < -0.4 is 0 Å². The van der Waals surface area contributed by atoms with Crippen LogP contribution in [0.5, 0.6) is 0 Å². The van der Waals surface area contributed by atoms with Gasteiger partial charge in [0, 0.05) is 70.8 Å². The number of fused-ring (bicyclic) bond motifs is 15. The lowest BCUT2D eigenvalue weighted by Crippen LogP contribution is -2.13. The van der Waals surface area contributed by atoms with Crippen molar-refractivity contribution in [3.05, 3.63) is 285 Å². The lowest BCUT2D eigenvalue weighted by Gasteiger charge is -2.18. The minimum Gasteiger partial charge on any atom is -0.309 e. The topological polar surface area (TPSA) is 50.4 Å². The van der Waals surface area contributed by atoms with Gasteiger partial charge in [0.1, 0.15) is 11.6 Å². The summed E-state index contributed by atoms with van der Waals surface area (Å²) in [7, 11) is 0. The standard InChI is InChI=1S/C77H49N7/c1-48-75(82-67-32-16-10-24-55(67)56-25-11-17-33-68(56)82)78-77(84-69-34-18-12-26-57(69)58-27-13-19-35-70(58)84)79-76(48)83-71-42-38-53(80-65-30-14-8-28-59(65)61-40-36-51(44-73(61)80)49-20-4-2-5-21-49)46-63(71)64-47-54(39-43-72(64)83)81-66-31-15-9-29-60(66)62-41-37-52(45-74(62)81)50-22-6-3-7-23-50/h2-47H,1H3. The van der Waals surface area contributed by atoms with Crippen LogP contribution in [0, 0.1) is 6.92 Å². The number of nitrogens with zero attached hydrogens (tertiary/aromatic N) is 7. The molecule has 6 aromatic heterocycles. The highest BCUT2D eigenvalue weighted by Crippen LogP contribution is 2.43. The molecule has 0 bridgehead atoms. The maximum atomic E-state index is 5.86. The zero-order valence-corrected chi connectivity index (χ0v) is 45.7. The maximum Gasteiger partial charge on any atom is 0.238 e. The zero-order chi connectivity index (χ0) is 55.1. The average Bonchev–Trinajstić information content (AvgIpc) is 3.90. The first-order valence-electron chi connectivity index (χ1n) is 28.7.